The number of hydrogen-bond acceptors (Lipinski definition) is 2. The maximum absolute atomic E-state index is 12.0. The van der Waals surface area contributed by atoms with Crippen LogP contribution in [0.5, 0.6) is 0 Å². The van der Waals surface area contributed by atoms with Crippen molar-refractivity contribution in [2.45, 2.75) is 25.8 Å². The summed E-state index contributed by atoms with van der Waals surface area (Å²) in [6.45, 7) is 3.91. The largest absolute Gasteiger partial charge is 0.357 e. The van der Waals surface area contributed by atoms with Gasteiger partial charge in [-0.2, -0.15) is 0 Å². The first kappa shape index (κ1) is 17.5. The van der Waals surface area contributed by atoms with E-state index in [1.54, 1.807) is 12.1 Å². The molecular weight excluding hydrogens is 356 g/mol. The fraction of sp³-hybridized carbons (Fsp3) is 0.412. The first-order valence-electron chi connectivity index (χ1n) is 7.92. The van der Waals surface area contributed by atoms with Crippen LogP contribution in [0.3, 0.4) is 0 Å². The molecule has 1 aliphatic rings. The highest BCUT2D eigenvalue weighted by Gasteiger charge is 2.11. The van der Waals surface area contributed by atoms with Crippen LogP contribution in [0.15, 0.2) is 45.9 Å². The molecule has 23 heavy (non-hydrogen) atoms. The highest BCUT2D eigenvalue weighted by atomic mass is 79.9. The monoisotopic (exact) mass is 378 g/mol. The lowest BCUT2D eigenvalue weighted by molar-refractivity contribution is 0.0955. The molecule has 124 valence electrons. The molecule has 3 N–H and O–H groups in total. The summed E-state index contributed by atoms with van der Waals surface area (Å²) in [6.07, 6.45) is 6.43. The summed E-state index contributed by atoms with van der Waals surface area (Å²) < 4.78 is 0.960. The Morgan fingerprint density at radius 3 is 2.57 bits per heavy atom. The molecule has 0 saturated carbocycles. The molecule has 0 aliphatic heterocycles. The predicted molar refractivity (Wildman–Crippen MR) is 97.8 cm³/mol. The van der Waals surface area contributed by atoms with E-state index < -0.39 is 0 Å². The van der Waals surface area contributed by atoms with Crippen LogP contribution in [0.1, 0.15) is 30.1 Å². The van der Waals surface area contributed by atoms with Crippen molar-refractivity contribution >= 4 is 27.8 Å². The zero-order valence-electron chi connectivity index (χ0n) is 13.3. The van der Waals surface area contributed by atoms with Crippen molar-refractivity contribution in [3.05, 3.63) is 46.5 Å². The Morgan fingerprint density at radius 1 is 1.22 bits per heavy atom. The van der Waals surface area contributed by atoms with E-state index in [0.717, 1.165) is 29.8 Å². The van der Waals surface area contributed by atoms with Gasteiger partial charge < -0.3 is 16.0 Å². The first-order valence-corrected chi connectivity index (χ1v) is 8.72. The van der Waals surface area contributed by atoms with Gasteiger partial charge in [0.15, 0.2) is 5.96 Å². The van der Waals surface area contributed by atoms with Gasteiger partial charge in [0, 0.05) is 29.2 Å². The average molecular weight is 379 g/mol. The van der Waals surface area contributed by atoms with Gasteiger partial charge in [0.1, 0.15) is 0 Å². The summed E-state index contributed by atoms with van der Waals surface area (Å²) in [5.41, 5.74) is 0.652. The lowest BCUT2D eigenvalue weighted by atomic mass is 10.2. The van der Waals surface area contributed by atoms with Gasteiger partial charge in [0.05, 0.1) is 6.54 Å². The Balaban J connectivity index is 1.76. The molecule has 0 unspecified atom stereocenters. The minimum absolute atomic E-state index is 0.0781. The number of halogens is 1. The topological polar surface area (TPSA) is 65.5 Å². The lowest BCUT2D eigenvalue weighted by Gasteiger charge is -2.16. The van der Waals surface area contributed by atoms with E-state index in [4.69, 9.17) is 0 Å². The number of benzene rings is 1. The number of aliphatic imine (C=N–C) groups is 1. The molecule has 0 heterocycles. The van der Waals surface area contributed by atoms with Crippen molar-refractivity contribution in [1.29, 1.82) is 0 Å². The molecule has 0 aromatic heterocycles. The molecule has 5 nitrogen and oxygen atoms in total. The molecule has 2 rings (SSSR count). The van der Waals surface area contributed by atoms with Crippen LogP contribution < -0.4 is 16.0 Å². The number of amides is 1. The number of rotatable bonds is 6. The number of hydrogen-bond donors (Lipinski definition) is 3. The second-order valence-electron chi connectivity index (χ2n) is 5.31. The maximum atomic E-state index is 12.0. The van der Waals surface area contributed by atoms with Crippen molar-refractivity contribution in [2.24, 2.45) is 4.99 Å². The average Bonchev–Trinajstić information content (AvgIpc) is 3.05. The molecule has 1 aromatic carbocycles. The smallest absolute Gasteiger partial charge is 0.251 e. The SMILES string of the molecule is CCNC(=NCCNC(=O)c1ccc(Br)cc1)NC1CC=CC1. The van der Waals surface area contributed by atoms with Crippen LogP contribution in [0.25, 0.3) is 0 Å². The number of guanidine groups is 1. The van der Waals surface area contributed by atoms with Gasteiger partial charge in [-0.3, -0.25) is 9.79 Å². The van der Waals surface area contributed by atoms with E-state index in [1.807, 2.05) is 19.1 Å². The molecule has 6 heteroatoms. The Morgan fingerprint density at radius 2 is 1.91 bits per heavy atom. The van der Waals surface area contributed by atoms with Crippen LogP contribution >= 0.6 is 15.9 Å². The highest BCUT2D eigenvalue weighted by Crippen LogP contribution is 2.10. The van der Waals surface area contributed by atoms with Crippen molar-refractivity contribution < 1.29 is 4.79 Å². The third kappa shape index (κ3) is 6.06. The van der Waals surface area contributed by atoms with Gasteiger partial charge in [-0.05, 0) is 44.0 Å². The zero-order chi connectivity index (χ0) is 16.5. The fourth-order valence-electron chi connectivity index (χ4n) is 2.29. The second kappa shape index (κ2) is 9.35. The molecule has 0 radical (unpaired) electrons. The van der Waals surface area contributed by atoms with Crippen molar-refractivity contribution in [2.75, 3.05) is 19.6 Å². The quantitative estimate of drug-likeness (QED) is 0.308. The van der Waals surface area contributed by atoms with Crippen LogP contribution in [0.4, 0.5) is 0 Å². The second-order valence-corrected chi connectivity index (χ2v) is 6.22. The number of nitrogens with one attached hydrogen (secondary N) is 3. The van der Waals surface area contributed by atoms with Gasteiger partial charge in [0.25, 0.3) is 5.91 Å². The summed E-state index contributed by atoms with van der Waals surface area (Å²) in [5, 5.41) is 9.51. The van der Waals surface area contributed by atoms with Crippen LogP contribution in [0, 0.1) is 0 Å². The Labute approximate surface area is 145 Å². The summed E-state index contributed by atoms with van der Waals surface area (Å²) >= 11 is 3.36. The van der Waals surface area contributed by atoms with E-state index >= 15 is 0 Å². The number of carbonyl (C=O) groups is 1. The van der Waals surface area contributed by atoms with E-state index in [9.17, 15) is 4.79 Å². The van der Waals surface area contributed by atoms with E-state index in [1.165, 1.54) is 0 Å². The molecule has 0 bridgehead atoms. The minimum Gasteiger partial charge on any atom is -0.357 e. The van der Waals surface area contributed by atoms with Gasteiger partial charge in [-0.1, -0.05) is 28.1 Å². The molecule has 1 amide bonds. The molecule has 0 atom stereocenters. The minimum atomic E-state index is -0.0781. The zero-order valence-corrected chi connectivity index (χ0v) is 14.9. The molecule has 1 aliphatic carbocycles. The number of nitrogens with zero attached hydrogens (tertiary/aromatic N) is 1. The summed E-state index contributed by atoms with van der Waals surface area (Å²) in [7, 11) is 0. The molecule has 1 aromatic rings. The van der Waals surface area contributed by atoms with E-state index in [2.05, 4.69) is 49.0 Å². The normalized spacial score (nSPS) is 14.8. The molecule has 0 saturated heterocycles. The van der Waals surface area contributed by atoms with Crippen LogP contribution in [0.2, 0.25) is 0 Å². The summed E-state index contributed by atoms with van der Waals surface area (Å²) in [5.74, 6) is 0.727. The van der Waals surface area contributed by atoms with Crippen molar-refractivity contribution in [3.63, 3.8) is 0 Å². The van der Waals surface area contributed by atoms with Crippen LogP contribution in [-0.4, -0.2) is 37.5 Å². The Hall–Kier alpha value is -1.82. The molecule has 0 spiro atoms. The fourth-order valence-corrected chi connectivity index (χ4v) is 2.55. The van der Waals surface area contributed by atoms with Gasteiger partial charge in [-0.25, -0.2) is 0 Å². The van der Waals surface area contributed by atoms with Gasteiger partial charge in [-0.15, -0.1) is 0 Å². The van der Waals surface area contributed by atoms with Gasteiger partial charge >= 0.3 is 0 Å². The molecular formula is C17H23BrN4O. The van der Waals surface area contributed by atoms with Crippen LogP contribution in [-0.2, 0) is 0 Å². The van der Waals surface area contributed by atoms with Crippen molar-refractivity contribution in [3.8, 4) is 0 Å². The summed E-state index contributed by atoms with van der Waals surface area (Å²) in [4.78, 5) is 16.5. The Bertz CT molecular complexity index is 560. The third-order valence-electron chi connectivity index (χ3n) is 3.47. The van der Waals surface area contributed by atoms with Gasteiger partial charge in [0.2, 0.25) is 0 Å². The standard InChI is InChI=1S/C17H23BrN4O/c1-2-19-17(22-15-5-3-4-6-15)21-12-11-20-16(23)13-7-9-14(18)10-8-13/h3-4,7-10,15H,2,5-6,11-12H2,1H3,(H,20,23)(H2,19,21,22). The van der Waals surface area contributed by atoms with E-state index in [0.29, 0.717) is 24.7 Å². The molecule has 0 fully saturated rings. The van der Waals surface area contributed by atoms with Crippen molar-refractivity contribution in [1.82, 2.24) is 16.0 Å². The lowest BCUT2D eigenvalue weighted by Crippen LogP contribution is -2.43. The van der Waals surface area contributed by atoms with E-state index in [-0.39, 0.29) is 5.91 Å². The maximum Gasteiger partial charge on any atom is 0.251 e. The number of carbonyl (C=O) groups excluding carboxylic acids is 1. The Kier molecular flexibility index (Phi) is 7.13. The third-order valence-corrected chi connectivity index (χ3v) is 4.00. The first-order chi connectivity index (χ1) is 11.2. The highest BCUT2D eigenvalue weighted by molar-refractivity contribution is 9.10. The predicted octanol–water partition coefficient (Wildman–Crippen LogP) is 2.45. The summed E-state index contributed by atoms with van der Waals surface area (Å²) in [6, 6.07) is 7.72.